The Morgan fingerprint density at radius 2 is 1.87 bits per heavy atom. The summed E-state index contributed by atoms with van der Waals surface area (Å²) in [6.07, 6.45) is 17.6. The van der Waals surface area contributed by atoms with Gasteiger partial charge in [0.05, 0.1) is 11.7 Å². The minimum atomic E-state index is 0.625. The smallest absolute Gasteiger partial charge is 0.112 e. The van der Waals surface area contributed by atoms with Crippen LogP contribution in [0.25, 0.3) is 0 Å². The monoisotopic (exact) mass is 403 g/mol. The first-order chi connectivity index (χ1) is 14.8. The zero-order valence-electron chi connectivity index (χ0n) is 17.9. The molecule has 0 spiro atoms. The Morgan fingerprint density at radius 1 is 1.03 bits per heavy atom. The van der Waals surface area contributed by atoms with Gasteiger partial charge in [-0.2, -0.15) is 0 Å². The lowest BCUT2D eigenvalue weighted by Gasteiger charge is -2.36. The van der Waals surface area contributed by atoms with Gasteiger partial charge in [0.1, 0.15) is 5.82 Å². The second kappa shape index (κ2) is 7.86. The van der Waals surface area contributed by atoms with Crippen molar-refractivity contribution in [3.63, 3.8) is 0 Å². The van der Waals surface area contributed by atoms with Crippen molar-refractivity contribution in [3.05, 3.63) is 64.8 Å². The van der Waals surface area contributed by atoms with Crippen molar-refractivity contribution in [2.24, 2.45) is 0 Å². The average Bonchev–Trinajstić information content (AvgIpc) is 3.39. The van der Waals surface area contributed by atoms with Crippen molar-refractivity contribution < 1.29 is 0 Å². The third-order valence-corrected chi connectivity index (χ3v) is 7.58. The van der Waals surface area contributed by atoms with Gasteiger partial charge in [0.2, 0.25) is 0 Å². The molecule has 1 atom stereocenters. The van der Waals surface area contributed by atoms with Gasteiger partial charge in [-0.05, 0) is 62.4 Å². The number of rotatable bonds is 5. The molecule has 0 aromatic carbocycles. The molecule has 30 heavy (non-hydrogen) atoms. The zero-order chi connectivity index (χ0) is 19.9. The van der Waals surface area contributed by atoms with Crippen LogP contribution in [-0.2, 0) is 19.4 Å². The lowest BCUT2D eigenvalue weighted by molar-refractivity contribution is 0.157. The fraction of sp³-hybridized carbons (Fsp3) is 0.560. The Bertz CT molecular complexity index is 889. The lowest BCUT2D eigenvalue weighted by atomic mass is 10.0. The molecule has 0 radical (unpaired) electrons. The Labute approximate surface area is 180 Å². The molecule has 0 amide bonds. The van der Waals surface area contributed by atoms with Crippen molar-refractivity contribution in [1.82, 2.24) is 25.0 Å². The second-order valence-electron chi connectivity index (χ2n) is 9.55. The zero-order valence-corrected chi connectivity index (χ0v) is 17.9. The number of hydrogen-bond donors (Lipinski definition) is 1. The number of hydrogen-bond acceptors (Lipinski definition) is 5. The first kappa shape index (κ1) is 18.6. The molecule has 0 saturated carbocycles. The molecule has 2 saturated heterocycles. The van der Waals surface area contributed by atoms with Crippen LogP contribution in [0.3, 0.4) is 0 Å². The van der Waals surface area contributed by atoms with Crippen molar-refractivity contribution in [2.45, 2.75) is 50.7 Å². The van der Waals surface area contributed by atoms with Gasteiger partial charge in [0.15, 0.2) is 0 Å². The molecule has 1 aromatic heterocycles. The number of aromatic nitrogens is 1. The summed E-state index contributed by atoms with van der Waals surface area (Å²) in [5.74, 6) is 1.48. The molecule has 0 bridgehead atoms. The van der Waals surface area contributed by atoms with Gasteiger partial charge in [0.25, 0.3) is 0 Å². The Balaban J connectivity index is 1.000. The summed E-state index contributed by atoms with van der Waals surface area (Å²) < 4.78 is 0. The Morgan fingerprint density at radius 3 is 2.77 bits per heavy atom. The molecule has 1 N–H and O–H groups in total. The van der Waals surface area contributed by atoms with E-state index in [4.69, 9.17) is 0 Å². The predicted molar refractivity (Wildman–Crippen MR) is 120 cm³/mol. The van der Waals surface area contributed by atoms with Gasteiger partial charge >= 0.3 is 0 Å². The van der Waals surface area contributed by atoms with Crippen LogP contribution in [0.4, 0.5) is 0 Å². The van der Waals surface area contributed by atoms with E-state index in [-0.39, 0.29) is 0 Å². The molecule has 0 unspecified atom stereocenters. The maximum atomic E-state index is 4.68. The Hall–Kier alpha value is -2.11. The van der Waals surface area contributed by atoms with Crippen molar-refractivity contribution in [2.75, 3.05) is 39.3 Å². The summed E-state index contributed by atoms with van der Waals surface area (Å²) >= 11 is 0. The number of aryl methyl sites for hydroxylation is 2. The van der Waals surface area contributed by atoms with Crippen LogP contribution in [0.15, 0.2) is 48.0 Å². The average molecular weight is 404 g/mol. The second-order valence-corrected chi connectivity index (χ2v) is 9.55. The number of nitrogens with zero attached hydrogens (tertiary/aromatic N) is 4. The third kappa shape index (κ3) is 3.48. The van der Waals surface area contributed by atoms with E-state index in [1.54, 1.807) is 0 Å². The van der Waals surface area contributed by atoms with Gasteiger partial charge in [-0.3, -0.25) is 4.98 Å². The number of piperidine rings is 1. The van der Waals surface area contributed by atoms with Gasteiger partial charge in [-0.15, -0.1) is 0 Å². The molecule has 5 nitrogen and oxygen atoms in total. The topological polar surface area (TPSA) is 34.6 Å². The molecule has 5 heteroatoms. The quantitative estimate of drug-likeness (QED) is 0.817. The highest BCUT2D eigenvalue weighted by Crippen LogP contribution is 2.33. The number of likely N-dealkylation sites (tertiary alicyclic amines) is 1. The maximum Gasteiger partial charge on any atom is 0.112 e. The van der Waals surface area contributed by atoms with Gasteiger partial charge in [0, 0.05) is 50.5 Å². The highest BCUT2D eigenvalue weighted by atomic mass is 15.4. The van der Waals surface area contributed by atoms with Crippen LogP contribution in [0.5, 0.6) is 0 Å². The summed E-state index contributed by atoms with van der Waals surface area (Å²) in [6, 6.07) is 3.59. The first-order valence-electron chi connectivity index (χ1n) is 11.8. The highest BCUT2D eigenvalue weighted by Gasteiger charge is 2.37. The molecule has 5 heterocycles. The van der Waals surface area contributed by atoms with E-state index in [9.17, 15) is 0 Å². The standard InChI is InChI=1S/C25H33N5/c1-4-20-14-23(26-15-21(20)5-1)16-27-22-8-12-28(13-9-22)17-24-18-29-10-2-6-19-7-3-11-30(24)25(19)29/h2-3,6-7,14-15,22,24,27H,1,4-5,8-13,16-18H2/t24-/m1/s1. The molecule has 1 aromatic rings. The summed E-state index contributed by atoms with van der Waals surface area (Å²) in [4.78, 5) is 12.6. The summed E-state index contributed by atoms with van der Waals surface area (Å²) in [7, 11) is 0. The number of fused-ring (bicyclic) bond motifs is 1. The van der Waals surface area contributed by atoms with E-state index in [1.807, 2.05) is 0 Å². The third-order valence-electron chi connectivity index (χ3n) is 7.58. The SMILES string of the molecule is C1=CC2=C3N(C1)C[C@@H](CN1CCC(NCc4cc5c(cn4)CCC5)CC1)N3CC=C2. The van der Waals surface area contributed by atoms with Gasteiger partial charge in [-0.25, -0.2) is 0 Å². The van der Waals surface area contributed by atoms with Crippen LogP contribution in [0.2, 0.25) is 0 Å². The predicted octanol–water partition coefficient (Wildman–Crippen LogP) is 2.46. The van der Waals surface area contributed by atoms with Crippen molar-refractivity contribution in [3.8, 4) is 0 Å². The summed E-state index contributed by atoms with van der Waals surface area (Å²) in [5, 5.41) is 3.79. The van der Waals surface area contributed by atoms with E-state index < -0.39 is 0 Å². The number of allylic oxidation sites excluding steroid dienone is 3. The molecule has 158 valence electrons. The lowest BCUT2D eigenvalue weighted by Crippen LogP contribution is -2.47. The van der Waals surface area contributed by atoms with E-state index in [2.05, 4.69) is 61.6 Å². The largest absolute Gasteiger partial charge is 0.352 e. The highest BCUT2D eigenvalue weighted by molar-refractivity contribution is 5.42. The maximum absolute atomic E-state index is 4.68. The van der Waals surface area contributed by atoms with E-state index in [0.717, 1.165) is 19.6 Å². The van der Waals surface area contributed by atoms with E-state index in [0.29, 0.717) is 12.1 Å². The molecule has 6 rings (SSSR count). The van der Waals surface area contributed by atoms with Gasteiger partial charge < -0.3 is 20.0 Å². The summed E-state index contributed by atoms with van der Waals surface area (Å²) in [5.41, 5.74) is 5.62. The van der Waals surface area contributed by atoms with Crippen LogP contribution in [0, 0.1) is 0 Å². The minimum Gasteiger partial charge on any atom is -0.352 e. The van der Waals surface area contributed by atoms with Crippen LogP contribution >= 0.6 is 0 Å². The molecular weight excluding hydrogens is 370 g/mol. The van der Waals surface area contributed by atoms with Crippen LogP contribution < -0.4 is 5.32 Å². The molecule has 2 fully saturated rings. The Kier molecular flexibility index (Phi) is 4.88. The number of nitrogens with one attached hydrogen (secondary N) is 1. The van der Waals surface area contributed by atoms with Crippen molar-refractivity contribution >= 4 is 0 Å². The normalized spacial score (nSPS) is 25.9. The number of pyridine rings is 1. The van der Waals surface area contributed by atoms with Crippen LogP contribution in [0.1, 0.15) is 36.1 Å². The fourth-order valence-electron chi connectivity index (χ4n) is 5.97. The van der Waals surface area contributed by atoms with Crippen molar-refractivity contribution in [1.29, 1.82) is 0 Å². The minimum absolute atomic E-state index is 0.625. The summed E-state index contributed by atoms with van der Waals surface area (Å²) in [6.45, 7) is 7.84. The first-order valence-corrected chi connectivity index (χ1v) is 11.8. The van der Waals surface area contributed by atoms with E-state index >= 15 is 0 Å². The van der Waals surface area contributed by atoms with E-state index in [1.165, 1.54) is 86.5 Å². The van der Waals surface area contributed by atoms with Crippen LogP contribution in [-0.4, -0.2) is 71.0 Å². The molecular formula is C25H33N5. The fourth-order valence-corrected chi connectivity index (χ4v) is 5.97. The molecule has 4 aliphatic heterocycles. The molecule has 5 aliphatic rings. The molecule has 1 aliphatic carbocycles. The van der Waals surface area contributed by atoms with Gasteiger partial charge in [-0.1, -0.05) is 24.3 Å².